The molecule has 112 valence electrons. The summed E-state index contributed by atoms with van der Waals surface area (Å²) in [6.07, 6.45) is 6.25. The highest BCUT2D eigenvalue weighted by molar-refractivity contribution is 6.29. The summed E-state index contributed by atoms with van der Waals surface area (Å²) in [6, 6.07) is 1.67. The van der Waals surface area contributed by atoms with Crippen LogP contribution in [0.3, 0.4) is 0 Å². The Hall–Kier alpha value is -0.910. The van der Waals surface area contributed by atoms with Crippen molar-refractivity contribution in [2.45, 2.75) is 50.7 Å². The smallest absolute Gasteiger partial charge is 0.158 e. The molecule has 1 aliphatic carbocycles. The average molecular weight is 300 g/mol. The quantitative estimate of drug-likeness (QED) is 0.646. The highest BCUT2D eigenvalue weighted by Gasteiger charge is 2.27. The van der Waals surface area contributed by atoms with Gasteiger partial charge in [-0.25, -0.2) is 9.97 Å². The molecule has 1 aromatic rings. The molecule has 0 radical (unpaired) electrons. The van der Waals surface area contributed by atoms with Gasteiger partial charge in [-0.2, -0.15) is 0 Å². The van der Waals surface area contributed by atoms with E-state index in [-0.39, 0.29) is 0 Å². The first kappa shape index (κ1) is 15.5. The van der Waals surface area contributed by atoms with Crippen molar-refractivity contribution in [3.05, 3.63) is 17.0 Å². The van der Waals surface area contributed by atoms with E-state index >= 15 is 0 Å². The van der Waals surface area contributed by atoms with E-state index < -0.39 is 5.60 Å². The van der Waals surface area contributed by atoms with Gasteiger partial charge in [0.05, 0.1) is 5.60 Å². The van der Waals surface area contributed by atoms with Crippen LogP contribution in [0.4, 0.5) is 5.82 Å². The Labute approximate surface area is 124 Å². The van der Waals surface area contributed by atoms with Gasteiger partial charge >= 0.3 is 0 Å². The van der Waals surface area contributed by atoms with E-state index in [0.717, 1.165) is 25.7 Å². The summed E-state index contributed by atoms with van der Waals surface area (Å²) in [5.74, 6) is 1.17. The second kappa shape index (κ2) is 7.20. The van der Waals surface area contributed by atoms with Crippen molar-refractivity contribution < 1.29 is 9.84 Å². The number of aromatic nitrogens is 2. The summed E-state index contributed by atoms with van der Waals surface area (Å²) < 4.78 is 5.01. The fourth-order valence-corrected chi connectivity index (χ4v) is 2.77. The number of hydrogen-bond acceptors (Lipinski definition) is 5. The number of ether oxygens (including phenoxy) is 1. The van der Waals surface area contributed by atoms with Gasteiger partial charge in [-0.3, -0.25) is 0 Å². The van der Waals surface area contributed by atoms with Gasteiger partial charge in [0.25, 0.3) is 0 Å². The van der Waals surface area contributed by atoms with Crippen LogP contribution in [0.5, 0.6) is 0 Å². The first-order chi connectivity index (χ1) is 9.61. The van der Waals surface area contributed by atoms with Crippen molar-refractivity contribution in [1.29, 1.82) is 0 Å². The van der Waals surface area contributed by atoms with Gasteiger partial charge in [0.2, 0.25) is 0 Å². The molecule has 0 spiro atoms. The van der Waals surface area contributed by atoms with Crippen molar-refractivity contribution in [3.63, 3.8) is 0 Å². The molecule has 1 heterocycles. The maximum absolute atomic E-state index is 10.6. The molecule has 1 aromatic heterocycles. The molecular weight excluding hydrogens is 278 g/mol. The summed E-state index contributed by atoms with van der Waals surface area (Å²) in [4.78, 5) is 8.40. The molecule has 1 aliphatic rings. The first-order valence-electron chi connectivity index (χ1n) is 7.10. The van der Waals surface area contributed by atoms with Crippen LogP contribution in [0.25, 0.3) is 0 Å². The predicted octanol–water partition coefficient (Wildman–Crippen LogP) is 2.77. The van der Waals surface area contributed by atoms with Gasteiger partial charge in [0.15, 0.2) is 5.82 Å². The topological polar surface area (TPSA) is 67.3 Å². The van der Waals surface area contributed by atoms with Crippen molar-refractivity contribution in [2.75, 3.05) is 19.0 Å². The van der Waals surface area contributed by atoms with Gasteiger partial charge < -0.3 is 15.2 Å². The highest BCUT2D eigenvalue weighted by atomic mass is 35.5. The molecule has 20 heavy (non-hydrogen) atoms. The third-order valence-corrected chi connectivity index (χ3v) is 3.84. The van der Waals surface area contributed by atoms with E-state index in [1.165, 1.54) is 12.8 Å². The third kappa shape index (κ3) is 4.58. The van der Waals surface area contributed by atoms with E-state index in [9.17, 15) is 5.11 Å². The molecule has 0 bridgehead atoms. The summed E-state index contributed by atoms with van der Waals surface area (Å²) >= 11 is 5.96. The zero-order valence-electron chi connectivity index (χ0n) is 11.9. The van der Waals surface area contributed by atoms with Gasteiger partial charge in [-0.1, -0.05) is 37.3 Å². The standard InChI is InChI=1S/C14H22ClN3O2/c1-20-9-13-17-11(15)8-12(18-13)16-10-14(19)6-4-2-3-5-7-14/h8,19H,2-7,9-10H2,1H3,(H,16,17,18). The number of nitrogens with one attached hydrogen (secondary N) is 1. The number of halogens is 1. The lowest BCUT2D eigenvalue weighted by molar-refractivity contribution is 0.0380. The van der Waals surface area contributed by atoms with E-state index in [2.05, 4.69) is 15.3 Å². The number of methoxy groups -OCH3 is 1. The van der Waals surface area contributed by atoms with Crippen LogP contribution in [-0.2, 0) is 11.3 Å². The fourth-order valence-electron chi connectivity index (χ4n) is 2.57. The molecule has 0 saturated heterocycles. The SMILES string of the molecule is COCc1nc(Cl)cc(NCC2(O)CCCCCC2)n1. The zero-order valence-corrected chi connectivity index (χ0v) is 12.6. The molecular formula is C14H22ClN3O2. The Morgan fingerprint density at radius 1 is 1.30 bits per heavy atom. The Bertz CT molecular complexity index is 434. The van der Waals surface area contributed by atoms with Crippen molar-refractivity contribution in [2.24, 2.45) is 0 Å². The molecule has 6 heteroatoms. The monoisotopic (exact) mass is 299 g/mol. The first-order valence-corrected chi connectivity index (χ1v) is 7.48. The second-order valence-electron chi connectivity index (χ2n) is 5.42. The molecule has 0 aliphatic heterocycles. The number of nitrogens with zero attached hydrogens (tertiary/aromatic N) is 2. The Kier molecular flexibility index (Phi) is 5.57. The molecule has 0 atom stereocenters. The minimum absolute atomic E-state index is 0.319. The maximum atomic E-state index is 10.6. The summed E-state index contributed by atoms with van der Waals surface area (Å²) in [5, 5.41) is 14.1. The molecule has 0 aromatic carbocycles. The molecule has 1 fully saturated rings. The van der Waals surface area contributed by atoms with E-state index in [1.54, 1.807) is 13.2 Å². The second-order valence-corrected chi connectivity index (χ2v) is 5.80. The van der Waals surface area contributed by atoms with Gasteiger partial charge in [0.1, 0.15) is 17.6 Å². The highest BCUT2D eigenvalue weighted by Crippen LogP contribution is 2.27. The van der Waals surface area contributed by atoms with Crippen molar-refractivity contribution in [1.82, 2.24) is 9.97 Å². The van der Waals surface area contributed by atoms with Crippen LogP contribution in [-0.4, -0.2) is 34.3 Å². The summed E-state index contributed by atoms with van der Waals surface area (Å²) in [6.45, 7) is 0.812. The Morgan fingerprint density at radius 2 is 2.00 bits per heavy atom. The molecule has 0 unspecified atom stereocenters. The van der Waals surface area contributed by atoms with Crippen LogP contribution in [0, 0.1) is 0 Å². The van der Waals surface area contributed by atoms with Gasteiger partial charge in [0, 0.05) is 19.7 Å². The summed E-state index contributed by atoms with van der Waals surface area (Å²) in [5.41, 5.74) is -0.644. The number of hydrogen-bond donors (Lipinski definition) is 2. The molecule has 1 saturated carbocycles. The van der Waals surface area contributed by atoms with Crippen LogP contribution in [0.2, 0.25) is 5.15 Å². The third-order valence-electron chi connectivity index (χ3n) is 3.65. The summed E-state index contributed by atoms with van der Waals surface area (Å²) in [7, 11) is 1.59. The lowest BCUT2D eigenvalue weighted by atomic mass is 9.94. The van der Waals surface area contributed by atoms with Crippen molar-refractivity contribution >= 4 is 17.4 Å². The number of rotatable bonds is 5. The van der Waals surface area contributed by atoms with Crippen molar-refractivity contribution in [3.8, 4) is 0 Å². The van der Waals surface area contributed by atoms with Crippen LogP contribution in [0.1, 0.15) is 44.3 Å². The van der Waals surface area contributed by atoms with E-state index in [4.69, 9.17) is 16.3 Å². The predicted molar refractivity (Wildman–Crippen MR) is 78.9 cm³/mol. The normalized spacial score (nSPS) is 18.6. The minimum atomic E-state index is -0.644. The zero-order chi connectivity index (χ0) is 14.4. The Balaban J connectivity index is 1.98. The largest absolute Gasteiger partial charge is 0.388 e. The number of anilines is 1. The van der Waals surface area contributed by atoms with Crippen LogP contribution in [0.15, 0.2) is 6.07 Å². The van der Waals surface area contributed by atoms with E-state index in [0.29, 0.717) is 29.9 Å². The molecule has 2 N–H and O–H groups in total. The minimum Gasteiger partial charge on any atom is -0.388 e. The Morgan fingerprint density at radius 3 is 2.65 bits per heavy atom. The lowest BCUT2D eigenvalue weighted by Crippen LogP contribution is -2.36. The van der Waals surface area contributed by atoms with Crippen LogP contribution < -0.4 is 5.32 Å². The van der Waals surface area contributed by atoms with Crippen LogP contribution >= 0.6 is 11.6 Å². The fraction of sp³-hybridized carbons (Fsp3) is 0.714. The average Bonchev–Trinajstić information content (AvgIpc) is 2.62. The number of aliphatic hydroxyl groups is 1. The van der Waals surface area contributed by atoms with Gasteiger partial charge in [-0.15, -0.1) is 0 Å². The lowest BCUT2D eigenvalue weighted by Gasteiger charge is -2.27. The molecule has 5 nitrogen and oxygen atoms in total. The molecule has 2 rings (SSSR count). The van der Waals surface area contributed by atoms with E-state index in [1.807, 2.05) is 0 Å². The van der Waals surface area contributed by atoms with Gasteiger partial charge in [-0.05, 0) is 12.8 Å². The molecule has 0 amide bonds. The maximum Gasteiger partial charge on any atom is 0.158 e.